The van der Waals surface area contributed by atoms with Crippen LogP contribution in [-0.2, 0) is 0 Å². The molecule has 3 aromatic rings. The Balaban J connectivity index is 1.72. The summed E-state index contributed by atoms with van der Waals surface area (Å²) in [6.07, 6.45) is 3.20. The number of anilines is 3. The van der Waals surface area contributed by atoms with Crippen molar-refractivity contribution in [1.29, 1.82) is 0 Å². The fraction of sp³-hybridized carbons (Fsp3) is 0.333. The number of rotatable bonds is 4. The number of aliphatic hydroxyl groups excluding tert-OH is 1. The van der Waals surface area contributed by atoms with Crippen molar-refractivity contribution in [3.63, 3.8) is 0 Å². The van der Waals surface area contributed by atoms with E-state index >= 15 is 0 Å². The summed E-state index contributed by atoms with van der Waals surface area (Å²) in [5.74, 6) is 1.59. The fourth-order valence-electron chi connectivity index (χ4n) is 3.47. The number of piperidine rings is 1. The Morgan fingerprint density at radius 1 is 1.00 bits per heavy atom. The van der Waals surface area contributed by atoms with Crippen LogP contribution in [0, 0.1) is 0 Å². The van der Waals surface area contributed by atoms with Crippen LogP contribution in [0.15, 0.2) is 48.5 Å². The molecule has 1 aromatic heterocycles. The number of benzene rings is 2. The summed E-state index contributed by atoms with van der Waals surface area (Å²) in [5.41, 5.74) is 2.69. The molecule has 0 radical (unpaired) electrons. The molecule has 2 heterocycles. The first-order chi connectivity index (χ1) is 12.7. The van der Waals surface area contributed by atoms with Gasteiger partial charge in [-0.25, -0.2) is 4.98 Å². The molecule has 1 saturated heterocycles. The summed E-state index contributed by atoms with van der Waals surface area (Å²) in [6, 6.07) is 15.9. The Morgan fingerprint density at radius 3 is 2.62 bits per heavy atom. The van der Waals surface area contributed by atoms with E-state index in [1.165, 1.54) is 19.3 Å². The molecule has 2 aromatic carbocycles. The van der Waals surface area contributed by atoms with Crippen LogP contribution in [0.4, 0.5) is 17.5 Å². The summed E-state index contributed by atoms with van der Waals surface area (Å²) in [7, 11) is 0. The summed E-state index contributed by atoms with van der Waals surface area (Å²) >= 11 is 0. The van der Waals surface area contributed by atoms with Crippen molar-refractivity contribution in [1.82, 2.24) is 9.97 Å². The van der Waals surface area contributed by atoms with Gasteiger partial charge in [-0.1, -0.05) is 24.3 Å². The van der Waals surface area contributed by atoms with Crippen LogP contribution in [0.5, 0.6) is 0 Å². The maximum Gasteiger partial charge on any atom is 0.229 e. The van der Waals surface area contributed by atoms with Gasteiger partial charge in [0, 0.05) is 24.2 Å². The van der Waals surface area contributed by atoms with Crippen LogP contribution in [0.1, 0.15) is 37.9 Å². The lowest BCUT2D eigenvalue weighted by Crippen LogP contribution is -2.30. The van der Waals surface area contributed by atoms with Gasteiger partial charge < -0.3 is 15.3 Å². The van der Waals surface area contributed by atoms with Crippen molar-refractivity contribution >= 4 is 28.4 Å². The normalized spacial score (nSPS) is 15.8. The van der Waals surface area contributed by atoms with E-state index < -0.39 is 6.10 Å². The highest BCUT2D eigenvalue weighted by atomic mass is 16.3. The third-order valence-corrected chi connectivity index (χ3v) is 4.86. The minimum absolute atomic E-state index is 0.502. The lowest BCUT2D eigenvalue weighted by molar-refractivity contribution is 0.199. The standard InChI is InChI=1S/C21H24N4O/c1-15(26)16-8-7-9-17(14-16)22-21-23-19-11-4-3-10-18(19)20(24-21)25-12-5-2-6-13-25/h3-4,7-11,14-15,26H,2,5-6,12-13H2,1H3,(H,22,23,24). The van der Waals surface area contributed by atoms with Gasteiger partial charge in [0.2, 0.25) is 5.95 Å². The van der Waals surface area contributed by atoms with Gasteiger partial charge in [-0.2, -0.15) is 4.98 Å². The SMILES string of the molecule is CC(O)c1cccc(Nc2nc(N3CCCCC3)c3ccccc3n2)c1. The van der Waals surface area contributed by atoms with E-state index in [4.69, 9.17) is 4.98 Å². The highest BCUT2D eigenvalue weighted by Crippen LogP contribution is 2.29. The molecular weight excluding hydrogens is 324 g/mol. The van der Waals surface area contributed by atoms with Crippen LogP contribution in [0.2, 0.25) is 0 Å². The zero-order valence-corrected chi connectivity index (χ0v) is 15.0. The highest BCUT2D eigenvalue weighted by molar-refractivity contribution is 5.90. The minimum Gasteiger partial charge on any atom is -0.389 e. The number of hydrogen-bond donors (Lipinski definition) is 2. The van der Waals surface area contributed by atoms with Crippen molar-refractivity contribution < 1.29 is 5.11 Å². The second-order valence-corrected chi connectivity index (χ2v) is 6.86. The predicted octanol–water partition coefficient (Wildman–Crippen LogP) is 4.42. The van der Waals surface area contributed by atoms with Crippen LogP contribution >= 0.6 is 0 Å². The Morgan fingerprint density at radius 2 is 1.81 bits per heavy atom. The number of nitrogens with one attached hydrogen (secondary N) is 1. The molecular formula is C21H24N4O. The van der Waals surface area contributed by atoms with E-state index in [9.17, 15) is 5.11 Å². The summed E-state index contributed by atoms with van der Waals surface area (Å²) in [6.45, 7) is 3.84. The third-order valence-electron chi connectivity index (χ3n) is 4.86. The first-order valence-corrected chi connectivity index (χ1v) is 9.27. The van der Waals surface area contributed by atoms with Crippen LogP contribution in [0.25, 0.3) is 10.9 Å². The van der Waals surface area contributed by atoms with Crippen molar-refractivity contribution in [3.8, 4) is 0 Å². The number of aliphatic hydroxyl groups is 1. The molecule has 5 heteroatoms. The Kier molecular flexibility index (Phi) is 4.71. The smallest absolute Gasteiger partial charge is 0.229 e. The number of hydrogen-bond acceptors (Lipinski definition) is 5. The van der Waals surface area contributed by atoms with Crippen molar-refractivity contribution in [2.75, 3.05) is 23.3 Å². The van der Waals surface area contributed by atoms with Crippen LogP contribution < -0.4 is 10.2 Å². The summed E-state index contributed by atoms with van der Waals surface area (Å²) in [5, 5.41) is 14.2. The lowest BCUT2D eigenvalue weighted by atomic mass is 10.1. The molecule has 0 spiro atoms. The van der Waals surface area contributed by atoms with E-state index in [0.29, 0.717) is 5.95 Å². The maximum atomic E-state index is 9.80. The summed E-state index contributed by atoms with van der Waals surface area (Å²) in [4.78, 5) is 11.9. The average Bonchev–Trinajstić information content (AvgIpc) is 2.68. The molecule has 1 atom stereocenters. The molecule has 1 aliphatic rings. The number of aromatic nitrogens is 2. The Hall–Kier alpha value is -2.66. The van der Waals surface area contributed by atoms with Crippen molar-refractivity contribution in [2.24, 2.45) is 0 Å². The van der Waals surface area contributed by atoms with Crippen molar-refractivity contribution in [2.45, 2.75) is 32.3 Å². The first-order valence-electron chi connectivity index (χ1n) is 9.27. The average molecular weight is 348 g/mol. The highest BCUT2D eigenvalue weighted by Gasteiger charge is 2.17. The molecule has 2 N–H and O–H groups in total. The van der Waals surface area contributed by atoms with E-state index in [-0.39, 0.29) is 0 Å². The van der Waals surface area contributed by atoms with E-state index in [1.807, 2.05) is 42.5 Å². The molecule has 134 valence electrons. The molecule has 0 bridgehead atoms. The third kappa shape index (κ3) is 3.48. The molecule has 0 saturated carbocycles. The van der Waals surface area contributed by atoms with Gasteiger partial charge in [0.05, 0.1) is 11.6 Å². The van der Waals surface area contributed by atoms with E-state index in [0.717, 1.165) is 41.1 Å². The Bertz CT molecular complexity index is 903. The van der Waals surface area contributed by atoms with Gasteiger partial charge in [0.15, 0.2) is 0 Å². The maximum absolute atomic E-state index is 9.80. The topological polar surface area (TPSA) is 61.3 Å². The van der Waals surface area contributed by atoms with Gasteiger partial charge >= 0.3 is 0 Å². The quantitative estimate of drug-likeness (QED) is 0.731. The van der Waals surface area contributed by atoms with E-state index in [1.54, 1.807) is 6.92 Å². The zero-order chi connectivity index (χ0) is 17.9. The monoisotopic (exact) mass is 348 g/mol. The fourth-order valence-corrected chi connectivity index (χ4v) is 3.47. The van der Waals surface area contributed by atoms with Gasteiger partial charge in [-0.15, -0.1) is 0 Å². The van der Waals surface area contributed by atoms with Crippen molar-refractivity contribution in [3.05, 3.63) is 54.1 Å². The minimum atomic E-state index is -0.502. The molecule has 0 amide bonds. The van der Waals surface area contributed by atoms with E-state index in [2.05, 4.69) is 21.3 Å². The largest absolute Gasteiger partial charge is 0.389 e. The number of para-hydroxylation sites is 1. The molecule has 0 aliphatic carbocycles. The summed E-state index contributed by atoms with van der Waals surface area (Å²) < 4.78 is 0. The molecule has 1 fully saturated rings. The van der Waals surface area contributed by atoms with Crippen LogP contribution in [0.3, 0.4) is 0 Å². The van der Waals surface area contributed by atoms with Crippen LogP contribution in [-0.4, -0.2) is 28.2 Å². The second kappa shape index (κ2) is 7.30. The number of fused-ring (bicyclic) bond motifs is 1. The van der Waals surface area contributed by atoms with Gasteiger partial charge in [0.25, 0.3) is 0 Å². The molecule has 26 heavy (non-hydrogen) atoms. The second-order valence-electron chi connectivity index (χ2n) is 6.86. The molecule has 5 nitrogen and oxygen atoms in total. The molecule has 1 aliphatic heterocycles. The van der Waals surface area contributed by atoms with Gasteiger partial charge in [0.1, 0.15) is 5.82 Å². The molecule has 1 unspecified atom stereocenters. The number of nitrogens with zero attached hydrogens (tertiary/aromatic N) is 3. The lowest BCUT2D eigenvalue weighted by Gasteiger charge is -2.29. The predicted molar refractivity (Wildman–Crippen MR) is 106 cm³/mol. The molecule has 4 rings (SSSR count). The van der Waals surface area contributed by atoms with Gasteiger partial charge in [-0.05, 0) is 56.0 Å². The zero-order valence-electron chi connectivity index (χ0n) is 15.0. The first kappa shape index (κ1) is 16.8. The Labute approximate surface area is 153 Å². The van der Waals surface area contributed by atoms with Gasteiger partial charge in [-0.3, -0.25) is 0 Å².